The Morgan fingerprint density at radius 2 is 2.04 bits per heavy atom. The van der Waals surface area contributed by atoms with Gasteiger partial charge in [-0.1, -0.05) is 13.8 Å². The van der Waals surface area contributed by atoms with Crippen molar-refractivity contribution in [1.29, 1.82) is 0 Å². The Hall–Kier alpha value is -0.790. The van der Waals surface area contributed by atoms with Crippen molar-refractivity contribution >= 4 is 29.9 Å². The van der Waals surface area contributed by atoms with Gasteiger partial charge in [-0.3, -0.25) is 9.67 Å². The monoisotopic (exact) mass is 461 g/mol. The maximum Gasteiger partial charge on any atom is 0.191 e. The van der Waals surface area contributed by atoms with E-state index in [1.807, 2.05) is 17.9 Å². The molecule has 1 aromatic heterocycles. The summed E-state index contributed by atoms with van der Waals surface area (Å²) in [6, 6.07) is 0.580. The highest BCUT2D eigenvalue weighted by Gasteiger charge is 2.23. The average Bonchev–Trinajstić information content (AvgIpc) is 2.97. The number of aromatic nitrogens is 2. The highest BCUT2D eigenvalue weighted by molar-refractivity contribution is 14.0. The first-order valence-electron chi connectivity index (χ1n) is 9.60. The number of hydrogen-bond acceptors (Lipinski definition) is 2. The fourth-order valence-electron chi connectivity index (χ4n) is 3.52. The van der Waals surface area contributed by atoms with E-state index < -0.39 is 0 Å². The number of rotatable bonds is 7. The number of nitrogens with zero attached hydrogens (tertiary/aromatic N) is 3. The van der Waals surface area contributed by atoms with Gasteiger partial charge in [0.25, 0.3) is 0 Å². The SMILES string of the molecule is CCNC(=NCCCc1cnn(C)c1)NC1CCC(C(C)C)CC1.I. The molecule has 2 N–H and O–H groups in total. The minimum absolute atomic E-state index is 0. The van der Waals surface area contributed by atoms with Gasteiger partial charge in [0.05, 0.1) is 6.20 Å². The van der Waals surface area contributed by atoms with Crippen LogP contribution in [0, 0.1) is 11.8 Å². The van der Waals surface area contributed by atoms with Crippen LogP contribution >= 0.6 is 24.0 Å². The summed E-state index contributed by atoms with van der Waals surface area (Å²) in [7, 11) is 1.96. The lowest BCUT2D eigenvalue weighted by Crippen LogP contribution is -2.45. The van der Waals surface area contributed by atoms with Crippen LogP contribution in [0.25, 0.3) is 0 Å². The van der Waals surface area contributed by atoms with Crippen LogP contribution in [-0.4, -0.2) is 34.9 Å². The van der Waals surface area contributed by atoms with E-state index in [2.05, 4.69) is 42.7 Å². The van der Waals surface area contributed by atoms with Crippen LogP contribution < -0.4 is 10.6 Å². The van der Waals surface area contributed by atoms with E-state index in [0.717, 1.165) is 43.7 Å². The van der Waals surface area contributed by atoms with Crippen molar-refractivity contribution < 1.29 is 0 Å². The van der Waals surface area contributed by atoms with Crippen LogP contribution in [0.15, 0.2) is 17.4 Å². The van der Waals surface area contributed by atoms with Crippen molar-refractivity contribution in [2.24, 2.45) is 23.9 Å². The summed E-state index contributed by atoms with van der Waals surface area (Å²) in [6.45, 7) is 8.60. The fraction of sp³-hybridized carbons (Fsp3) is 0.789. The second-order valence-corrected chi connectivity index (χ2v) is 7.39. The number of aliphatic imine (C=N–C) groups is 1. The van der Waals surface area contributed by atoms with Gasteiger partial charge in [-0.15, -0.1) is 24.0 Å². The Bertz CT molecular complexity index is 504. The molecule has 25 heavy (non-hydrogen) atoms. The molecule has 0 spiro atoms. The molecule has 1 aliphatic rings. The van der Waals surface area contributed by atoms with Gasteiger partial charge in [-0.05, 0) is 62.8 Å². The summed E-state index contributed by atoms with van der Waals surface area (Å²) in [5.74, 6) is 2.71. The Labute approximate surface area is 170 Å². The summed E-state index contributed by atoms with van der Waals surface area (Å²) < 4.78 is 1.86. The van der Waals surface area contributed by atoms with E-state index in [0.29, 0.717) is 6.04 Å². The zero-order chi connectivity index (χ0) is 17.4. The van der Waals surface area contributed by atoms with E-state index in [1.165, 1.54) is 31.2 Å². The molecule has 0 atom stereocenters. The van der Waals surface area contributed by atoms with Crippen molar-refractivity contribution in [3.05, 3.63) is 18.0 Å². The van der Waals surface area contributed by atoms with Gasteiger partial charge in [0.1, 0.15) is 0 Å². The summed E-state index contributed by atoms with van der Waals surface area (Å²) in [5.41, 5.74) is 1.29. The summed E-state index contributed by atoms with van der Waals surface area (Å²) in [5, 5.41) is 11.2. The van der Waals surface area contributed by atoms with Crippen molar-refractivity contribution in [2.45, 2.75) is 65.3 Å². The van der Waals surface area contributed by atoms with Crippen LogP contribution in [0.3, 0.4) is 0 Å². The molecule has 0 bridgehead atoms. The number of nitrogens with one attached hydrogen (secondary N) is 2. The van der Waals surface area contributed by atoms with Crippen molar-refractivity contribution in [3.63, 3.8) is 0 Å². The number of halogens is 1. The minimum Gasteiger partial charge on any atom is -0.357 e. The second-order valence-electron chi connectivity index (χ2n) is 7.39. The second kappa shape index (κ2) is 11.8. The first-order chi connectivity index (χ1) is 11.6. The Balaban J connectivity index is 0.00000312. The van der Waals surface area contributed by atoms with Crippen LogP contribution in [0.4, 0.5) is 0 Å². The molecule has 6 heteroatoms. The maximum absolute atomic E-state index is 4.75. The quantitative estimate of drug-likeness (QED) is 0.282. The Kier molecular flexibility index (Phi) is 10.5. The maximum atomic E-state index is 4.75. The molecule has 0 aromatic carbocycles. The lowest BCUT2D eigenvalue weighted by atomic mass is 9.80. The minimum atomic E-state index is 0. The molecule has 0 saturated heterocycles. The van der Waals surface area contributed by atoms with Gasteiger partial charge < -0.3 is 10.6 Å². The van der Waals surface area contributed by atoms with E-state index in [9.17, 15) is 0 Å². The summed E-state index contributed by atoms with van der Waals surface area (Å²) in [6.07, 6.45) is 11.3. The molecular weight excluding hydrogens is 425 g/mol. The molecule has 5 nitrogen and oxygen atoms in total. The van der Waals surface area contributed by atoms with Crippen molar-refractivity contribution in [1.82, 2.24) is 20.4 Å². The first kappa shape index (κ1) is 22.3. The Morgan fingerprint density at radius 3 is 2.60 bits per heavy atom. The normalized spacial score (nSPS) is 21.1. The van der Waals surface area contributed by atoms with E-state index >= 15 is 0 Å². The molecule has 144 valence electrons. The lowest BCUT2D eigenvalue weighted by molar-refractivity contribution is 0.250. The number of aryl methyl sites for hydroxylation is 2. The van der Waals surface area contributed by atoms with Crippen LogP contribution in [-0.2, 0) is 13.5 Å². The number of guanidine groups is 1. The van der Waals surface area contributed by atoms with E-state index in [1.54, 1.807) is 0 Å². The third-order valence-electron chi connectivity index (χ3n) is 5.05. The highest BCUT2D eigenvalue weighted by atomic mass is 127. The predicted molar refractivity (Wildman–Crippen MR) is 117 cm³/mol. The third kappa shape index (κ3) is 7.96. The van der Waals surface area contributed by atoms with Crippen LogP contribution in [0.2, 0.25) is 0 Å². The molecule has 1 saturated carbocycles. The molecule has 2 rings (SSSR count). The zero-order valence-corrected chi connectivity index (χ0v) is 18.6. The van der Waals surface area contributed by atoms with Gasteiger partial charge in [0.2, 0.25) is 0 Å². The van der Waals surface area contributed by atoms with Gasteiger partial charge in [-0.2, -0.15) is 5.10 Å². The average molecular weight is 461 g/mol. The molecule has 1 aromatic rings. The third-order valence-corrected chi connectivity index (χ3v) is 5.05. The zero-order valence-electron chi connectivity index (χ0n) is 16.3. The molecule has 0 aliphatic heterocycles. The topological polar surface area (TPSA) is 54.2 Å². The van der Waals surface area contributed by atoms with Crippen molar-refractivity contribution in [2.75, 3.05) is 13.1 Å². The molecule has 1 fully saturated rings. The van der Waals surface area contributed by atoms with Gasteiger partial charge in [-0.25, -0.2) is 0 Å². The summed E-state index contributed by atoms with van der Waals surface area (Å²) in [4.78, 5) is 4.75. The predicted octanol–water partition coefficient (Wildman–Crippen LogP) is 3.74. The van der Waals surface area contributed by atoms with Crippen LogP contribution in [0.5, 0.6) is 0 Å². The molecule has 0 radical (unpaired) electrons. The van der Waals surface area contributed by atoms with E-state index in [4.69, 9.17) is 4.99 Å². The first-order valence-corrected chi connectivity index (χ1v) is 9.60. The van der Waals surface area contributed by atoms with Gasteiger partial charge in [0.15, 0.2) is 5.96 Å². The smallest absolute Gasteiger partial charge is 0.191 e. The van der Waals surface area contributed by atoms with Crippen molar-refractivity contribution in [3.8, 4) is 0 Å². The molecule has 0 amide bonds. The molecule has 1 aliphatic carbocycles. The van der Waals surface area contributed by atoms with Crippen LogP contribution in [0.1, 0.15) is 58.4 Å². The largest absolute Gasteiger partial charge is 0.357 e. The molecular formula is C19H36IN5. The van der Waals surface area contributed by atoms with Gasteiger partial charge in [0, 0.05) is 32.4 Å². The summed E-state index contributed by atoms with van der Waals surface area (Å²) >= 11 is 0. The number of hydrogen-bond donors (Lipinski definition) is 2. The lowest BCUT2D eigenvalue weighted by Gasteiger charge is -2.32. The standard InChI is InChI=1S/C19H35N5.HI/c1-5-20-19(21-12-6-7-16-13-22-24(4)14-16)23-18-10-8-17(9-11-18)15(2)3;/h13-15,17-18H,5-12H2,1-4H3,(H2,20,21,23);1H. The molecule has 1 heterocycles. The van der Waals surface area contributed by atoms with E-state index in [-0.39, 0.29) is 24.0 Å². The molecule has 0 unspecified atom stereocenters. The fourth-order valence-corrected chi connectivity index (χ4v) is 3.52. The highest BCUT2D eigenvalue weighted by Crippen LogP contribution is 2.29. The van der Waals surface area contributed by atoms with Gasteiger partial charge >= 0.3 is 0 Å². The Morgan fingerprint density at radius 1 is 1.32 bits per heavy atom.